The molecule has 0 unspecified atom stereocenters. The Hall–Kier alpha value is -1.13. The van der Waals surface area contributed by atoms with Crippen molar-refractivity contribution in [3.63, 3.8) is 0 Å². The monoisotopic (exact) mass is 237 g/mol. The number of nitrogens with zero attached hydrogens (tertiary/aromatic N) is 1. The van der Waals surface area contributed by atoms with E-state index in [1.165, 1.54) is 0 Å². The standard InChI is InChI=1S/C12H16N2OS/c1-3-9(2)13-8-14-10-6-4-5-7-11(10)15-12(14)16/h4-7,9,13H,3,8H2,1-2H3/p+1/t9-/m1/s1. The van der Waals surface area contributed by atoms with Crippen LogP contribution in [0.2, 0.25) is 0 Å². The van der Waals surface area contributed by atoms with Crippen LogP contribution >= 0.6 is 12.2 Å². The second-order valence-corrected chi connectivity index (χ2v) is 4.42. The minimum Gasteiger partial charge on any atom is -0.429 e. The summed E-state index contributed by atoms with van der Waals surface area (Å²) in [5, 5.41) is 2.28. The Morgan fingerprint density at radius 1 is 1.44 bits per heavy atom. The Morgan fingerprint density at radius 2 is 2.19 bits per heavy atom. The first-order valence-corrected chi connectivity index (χ1v) is 6.05. The van der Waals surface area contributed by atoms with E-state index in [1.54, 1.807) is 0 Å². The lowest BCUT2D eigenvalue weighted by Crippen LogP contribution is -2.88. The SMILES string of the molecule is CC[C@@H](C)[NH2+]Cn1c(=S)oc2ccccc21. The fraction of sp³-hybridized carbons (Fsp3) is 0.417. The maximum absolute atomic E-state index is 5.52. The van der Waals surface area contributed by atoms with Crippen molar-refractivity contribution < 1.29 is 9.73 Å². The van der Waals surface area contributed by atoms with E-state index in [0.717, 1.165) is 24.2 Å². The quantitative estimate of drug-likeness (QED) is 0.828. The smallest absolute Gasteiger partial charge is 0.274 e. The lowest BCUT2D eigenvalue weighted by Gasteiger charge is -2.08. The molecule has 0 radical (unpaired) electrons. The maximum atomic E-state index is 5.52. The molecule has 2 rings (SSSR count). The van der Waals surface area contributed by atoms with E-state index in [2.05, 4.69) is 19.2 Å². The van der Waals surface area contributed by atoms with Crippen LogP contribution in [-0.4, -0.2) is 10.6 Å². The van der Waals surface area contributed by atoms with E-state index in [4.69, 9.17) is 16.6 Å². The first-order chi connectivity index (χ1) is 7.72. The molecule has 0 fully saturated rings. The molecule has 1 heterocycles. The summed E-state index contributed by atoms with van der Waals surface area (Å²) in [5.74, 6) is 0. The van der Waals surface area contributed by atoms with Gasteiger partial charge in [0, 0.05) is 0 Å². The van der Waals surface area contributed by atoms with Crippen LogP contribution in [0.25, 0.3) is 11.1 Å². The number of rotatable bonds is 4. The van der Waals surface area contributed by atoms with Crippen molar-refractivity contribution in [1.82, 2.24) is 4.57 Å². The number of oxazole rings is 1. The minimum atomic E-state index is 0.556. The molecule has 0 aliphatic rings. The van der Waals surface area contributed by atoms with Crippen LogP contribution < -0.4 is 5.32 Å². The van der Waals surface area contributed by atoms with Gasteiger partial charge in [-0.15, -0.1) is 0 Å². The van der Waals surface area contributed by atoms with Gasteiger partial charge in [-0.1, -0.05) is 19.1 Å². The third-order valence-electron chi connectivity index (χ3n) is 2.91. The fourth-order valence-electron chi connectivity index (χ4n) is 1.64. The molecular formula is C12H17N2OS+. The molecule has 0 amide bonds. The summed E-state index contributed by atoms with van der Waals surface area (Å²) < 4.78 is 7.56. The topological polar surface area (TPSA) is 34.7 Å². The summed E-state index contributed by atoms with van der Waals surface area (Å²) in [7, 11) is 0. The Morgan fingerprint density at radius 3 is 2.94 bits per heavy atom. The van der Waals surface area contributed by atoms with Gasteiger partial charge in [0.2, 0.25) is 0 Å². The lowest BCUT2D eigenvalue weighted by atomic mass is 10.3. The van der Waals surface area contributed by atoms with Gasteiger partial charge in [0.1, 0.15) is 0 Å². The summed E-state index contributed by atoms with van der Waals surface area (Å²) in [6, 6.07) is 8.57. The van der Waals surface area contributed by atoms with Crippen molar-refractivity contribution in [3.05, 3.63) is 29.1 Å². The van der Waals surface area contributed by atoms with Gasteiger partial charge in [0.05, 0.1) is 11.6 Å². The normalized spacial score (nSPS) is 13.1. The third-order valence-corrected chi connectivity index (χ3v) is 3.21. The van der Waals surface area contributed by atoms with Crippen LogP contribution in [0.1, 0.15) is 20.3 Å². The molecular weight excluding hydrogens is 220 g/mol. The van der Waals surface area contributed by atoms with Crippen molar-refractivity contribution in [2.24, 2.45) is 0 Å². The molecule has 0 saturated heterocycles. The van der Waals surface area contributed by atoms with Gasteiger partial charge >= 0.3 is 0 Å². The largest absolute Gasteiger partial charge is 0.429 e. The van der Waals surface area contributed by atoms with Crippen LogP contribution in [0.15, 0.2) is 28.7 Å². The molecule has 1 atom stereocenters. The molecule has 1 aromatic carbocycles. The van der Waals surface area contributed by atoms with Crippen LogP contribution in [0.5, 0.6) is 0 Å². The highest BCUT2D eigenvalue weighted by Crippen LogP contribution is 2.15. The van der Waals surface area contributed by atoms with E-state index in [9.17, 15) is 0 Å². The number of quaternary nitrogens is 1. The highest BCUT2D eigenvalue weighted by Gasteiger charge is 2.08. The predicted octanol–water partition coefficient (Wildman–Crippen LogP) is 2.28. The number of nitrogens with two attached hydrogens (primary N) is 1. The second kappa shape index (κ2) is 4.80. The molecule has 1 aromatic heterocycles. The molecule has 2 aromatic rings. The van der Waals surface area contributed by atoms with Gasteiger partial charge in [0.15, 0.2) is 12.3 Å². The summed E-state index contributed by atoms with van der Waals surface area (Å²) in [5.41, 5.74) is 1.94. The van der Waals surface area contributed by atoms with E-state index in [-0.39, 0.29) is 0 Å². The van der Waals surface area contributed by atoms with Gasteiger partial charge in [-0.05, 0) is 37.7 Å². The van der Waals surface area contributed by atoms with Gasteiger partial charge < -0.3 is 9.73 Å². The molecule has 0 bridgehead atoms. The fourth-order valence-corrected chi connectivity index (χ4v) is 1.90. The third kappa shape index (κ3) is 2.18. The van der Waals surface area contributed by atoms with E-state index >= 15 is 0 Å². The molecule has 86 valence electrons. The molecule has 0 saturated carbocycles. The summed E-state index contributed by atoms with van der Waals surface area (Å²) in [6.07, 6.45) is 1.16. The first-order valence-electron chi connectivity index (χ1n) is 5.64. The zero-order valence-electron chi connectivity index (χ0n) is 9.64. The lowest BCUT2D eigenvalue weighted by molar-refractivity contribution is -0.713. The van der Waals surface area contributed by atoms with Crippen molar-refractivity contribution in [2.45, 2.75) is 33.0 Å². The Kier molecular flexibility index (Phi) is 3.41. The molecule has 2 N–H and O–H groups in total. The molecule has 4 heteroatoms. The second-order valence-electron chi connectivity index (χ2n) is 4.07. The number of hydrogen-bond donors (Lipinski definition) is 1. The molecule has 0 aliphatic carbocycles. The zero-order valence-corrected chi connectivity index (χ0v) is 10.5. The average molecular weight is 237 g/mol. The van der Waals surface area contributed by atoms with Gasteiger partial charge in [-0.25, -0.2) is 0 Å². The summed E-state index contributed by atoms with van der Waals surface area (Å²) in [6.45, 7) is 5.23. The highest BCUT2D eigenvalue weighted by atomic mass is 32.1. The van der Waals surface area contributed by atoms with Crippen molar-refractivity contribution in [1.29, 1.82) is 0 Å². The molecule has 3 nitrogen and oxygen atoms in total. The molecule has 16 heavy (non-hydrogen) atoms. The Bertz CT molecular complexity index is 529. The molecule has 0 aliphatic heterocycles. The van der Waals surface area contributed by atoms with Gasteiger partial charge in [-0.2, -0.15) is 0 Å². The van der Waals surface area contributed by atoms with E-state index in [1.807, 2.05) is 28.8 Å². The average Bonchev–Trinajstić information content (AvgIpc) is 2.62. The molecule has 0 spiro atoms. The number of para-hydroxylation sites is 2. The highest BCUT2D eigenvalue weighted by molar-refractivity contribution is 7.71. The summed E-state index contributed by atoms with van der Waals surface area (Å²) in [4.78, 5) is 0.556. The Labute approximate surface area is 100 Å². The van der Waals surface area contributed by atoms with E-state index < -0.39 is 0 Å². The van der Waals surface area contributed by atoms with Gasteiger partial charge in [0.25, 0.3) is 4.84 Å². The van der Waals surface area contributed by atoms with Crippen LogP contribution in [0.4, 0.5) is 0 Å². The number of fused-ring (bicyclic) bond motifs is 1. The van der Waals surface area contributed by atoms with Gasteiger partial charge in [-0.3, -0.25) is 4.57 Å². The number of benzene rings is 1. The van der Waals surface area contributed by atoms with Crippen LogP contribution in [0.3, 0.4) is 0 Å². The van der Waals surface area contributed by atoms with Crippen LogP contribution in [0, 0.1) is 4.84 Å². The van der Waals surface area contributed by atoms with Crippen molar-refractivity contribution >= 4 is 23.3 Å². The van der Waals surface area contributed by atoms with Crippen molar-refractivity contribution in [2.75, 3.05) is 0 Å². The Balaban J connectivity index is 2.29. The first kappa shape index (κ1) is 11.4. The van der Waals surface area contributed by atoms with Crippen molar-refractivity contribution in [3.8, 4) is 0 Å². The maximum Gasteiger partial charge on any atom is 0.274 e. The summed E-state index contributed by atoms with van der Waals surface area (Å²) >= 11 is 5.22. The number of aromatic nitrogens is 1. The minimum absolute atomic E-state index is 0.556. The number of hydrogen-bond acceptors (Lipinski definition) is 2. The van der Waals surface area contributed by atoms with Crippen LogP contribution in [-0.2, 0) is 6.67 Å². The predicted molar refractivity (Wildman–Crippen MR) is 66.7 cm³/mol. The zero-order chi connectivity index (χ0) is 11.5. The van der Waals surface area contributed by atoms with E-state index in [0.29, 0.717) is 10.9 Å².